The first-order chi connectivity index (χ1) is 5.81. The molecule has 0 radical (unpaired) electrons. The summed E-state index contributed by atoms with van der Waals surface area (Å²) in [5.41, 5.74) is 0.624. The monoisotopic (exact) mass is 182 g/mol. The Balaban J connectivity index is 2.18. The number of thioether (sulfide) groups is 1. The first-order valence-corrected chi connectivity index (χ1v) is 4.57. The van der Waals surface area contributed by atoms with Gasteiger partial charge in [0.2, 0.25) is 12.0 Å². The highest BCUT2D eigenvalue weighted by Crippen LogP contribution is 2.35. The van der Waals surface area contributed by atoms with Gasteiger partial charge in [0.15, 0.2) is 0 Å². The average Bonchev–Trinajstić information content (AvgIpc) is 2.07. The van der Waals surface area contributed by atoms with E-state index >= 15 is 0 Å². The van der Waals surface area contributed by atoms with Crippen molar-refractivity contribution in [1.29, 1.82) is 0 Å². The van der Waals surface area contributed by atoms with Crippen LogP contribution in [0.5, 0.6) is 0 Å². The number of nitrogens with zero attached hydrogens (tertiary/aromatic N) is 2. The van der Waals surface area contributed by atoms with Crippen molar-refractivity contribution in [3.8, 4) is 0 Å². The predicted octanol–water partition coefficient (Wildman–Crippen LogP) is 0.469. The molecule has 0 spiro atoms. The summed E-state index contributed by atoms with van der Waals surface area (Å²) < 4.78 is 0. The van der Waals surface area contributed by atoms with Gasteiger partial charge in [-0.3, -0.25) is 4.79 Å². The second-order valence-corrected chi connectivity index (χ2v) is 3.76. The van der Waals surface area contributed by atoms with E-state index in [1.54, 1.807) is 22.9 Å². The molecule has 1 fully saturated rings. The van der Waals surface area contributed by atoms with Crippen LogP contribution in [0.3, 0.4) is 0 Å². The third kappa shape index (κ3) is 1.07. The minimum absolute atomic E-state index is 0.103. The van der Waals surface area contributed by atoms with Crippen molar-refractivity contribution in [2.45, 2.75) is 11.8 Å². The number of fused-ring (bicyclic) bond motifs is 1. The minimum Gasteiger partial charge on any atom is -0.304 e. The van der Waals surface area contributed by atoms with Crippen molar-refractivity contribution >= 4 is 23.7 Å². The SMILES string of the molecule is O=C=NC1=CN2C(=O)C[C@@H]2SC1. The number of hydrogen-bond acceptors (Lipinski definition) is 4. The number of carbonyl (C=O) groups is 1. The van der Waals surface area contributed by atoms with Gasteiger partial charge in [0.05, 0.1) is 17.5 Å². The zero-order valence-corrected chi connectivity index (χ0v) is 7.00. The van der Waals surface area contributed by atoms with Crippen LogP contribution in [0.4, 0.5) is 0 Å². The van der Waals surface area contributed by atoms with Gasteiger partial charge >= 0.3 is 0 Å². The molecule has 0 unspecified atom stereocenters. The fourth-order valence-corrected chi connectivity index (χ4v) is 2.30. The van der Waals surface area contributed by atoms with Crippen LogP contribution in [0, 0.1) is 0 Å². The van der Waals surface area contributed by atoms with Gasteiger partial charge < -0.3 is 4.90 Å². The zero-order chi connectivity index (χ0) is 8.55. The molecule has 0 bridgehead atoms. The fourth-order valence-electron chi connectivity index (χ4n) is 1.19. The number of carbonyl (C=O) groups excluding carboxylic acids is 2. The highest BCUT2D eigenvalue weighted by Gasteiger charge is 2.37. The summed E-state index contributed by atoms with van der Waals surface area (Å²) >= 11 is 1.63. The van der Waals surface area contributed by atoms with E-state index in [4.69, 9.17) is 0 Å². The standard InChI is InChI=1S/C7H6N2O2S/c10-4-8-5-2-9-6(11)1-7(9)12-3-5/h2,7H,1,3H2/t7-/m0/s1. The molecule has 4 nitrogen and oxygen atoms in total. The molecule has 1 saturated heterocycles. The van der Waals surface area contributed by atoms with Crippen LogP contribution in [-0.2, 0) is 9.59 Å². The number of amides is 1. The quantitative estimate of drug-likeness (QED) is 0.336. The van der Waals surface area contributed by atoms with E-state index in [-0.39, 0.29) is 11.3 Å². The van der Waals surface area contributed by atoms with E-state index in [0.717, 1.165) is 0 Å². The number of hydrogen-bond donors (Lipinski definition) is 0. The van der Waals surface area contributed by atoms with Crippen molar-refractivity contribution < 1.29 is 9.59 Å². The number of aliphatic imine (C=N–C) groups is 1. The highest BCUT2D eigenvalue weighted by atomic mass is 32.2. The number of isocyanates is 1. The summed E-state index contributed by atoms with van der Waals surface area (Å²) in [5, 5.41) is 0.281. The summed E-state index contributed by atoms with van der Waals surface area (Å²) in [7, 11) is 0. The van der Waals surface area contributed by atoms with Crippen molar-refractivity contribution in [3.63, 3.8) is 0 Å². The topological polar surface area (TPSA) is 49.7 Å². The Bertz CT molecular complexity index is 307. The van der Waals surface area contributed by atoms with Gasteiger partial charge in [-0.05, 0) is 0 Å². The highest BCUT2D eigenvalue weighted by molar-refractivity contribution is 8.00. The lowest BCUT2D eigenvalue weighted by atomic mass is 10.2. The van der Waals surface area contributed by atoms with Gasteiger partial charge in [0, 0.05) is 12.0 Å². The van der Waals surface area contributed by atoms with Crippen LogP contribution < -0.4 is 0 Å². The summed E-state index contributed by atoms with van der Waals surface area (Å²) in [5.74, 6) is 0.801. The number of β-lactam (4-membered cyclic amide) rings is 1. The van der Waals surface area contributed by atoms with Crippen molar-refractivity contribution in [2.24, 2.45) is 4.99 Å². The lowest BCUT2D eigenvalue weighted by molar-refractivity contribution is -0.137. The maximum absolute atomic E-state index is 10.9. The molecule has 12 heavy (non-hydrogen) atoms. The molecule has 0 N–H and O–H groups in total. The summed E-state index contributed by atoms with van der Waals surface area (Å²) in [6.45, 7) is 0. The van der Waals surface area contributed by atoms with Crippen molar-refractivity contribution in [1.82, 2.24) is 4.90 Å². The Hall–Kier alpha value is -1.06. The van der Waals surface area contributed by atoms with Crippen LogP contribution in [0.1, 0.15) is 6.42 Å². The lowest BCUT2D eigenvalue weighted by Crippen LogP contribution is -2.48. The molecular weight excluding hydrogens is 176 g/mol. The molecule has 2 aliphatic rings. The average molecular weight is 182 g/mol. The van der Waals surface area contributed by atoms with E-state index in [1.807, 2.05) is 0 Å². The number of rotatable bonds is 1. The van der Waals surface area contributed by atoms with Crippen LogP contribution in [0.25, 0.3) is 0 Å². The zero-order valence-electron chi connectivity index (χ0n) is 6.19. The third-order valence-corrected chi connectivity index (χ3v) is 3.09. The minimum atomic E-state index is 0.103. The molecule has 0 saturated carbocycles. The van der Waals surface area contributed by atoms with Gasteiger partial charge in [-0.25, -0.2) is 4.79 Å². The maximum atomic E-state index is 10.9. The molecule has 0 aromatic heterocycles. The molecule has 0 aromatic carbocycles. The first kappa shape index (κ1) is 7.58. The molecule has 1 amide bonds. The Morgan fingerprint density at radius 2 is 2.58 bits per heavy atom. The maximum Gasteiger partial charge on any atom is 0.240 e. The molecule has 0 aliphatic carbocycles. The Kier molecular flexibility index (Phi) is 1.75. The van der Waals surface area contributed by atoms with Crippen LogP contribution >= 0.6 is 11.8 Å². The largest absolute Gasteiger partial charge is 0.304 e. The molecule has 2 heterocycles. The van der Waals surface area contributed by atoms with Gasteiger partial charge in [-0.1, -0.05) is 0 Å². The summed E-state index contributed by atoms with van der Waals surface area (Å²) in [6, 6.07) is 0. The van der Waals surface area contributed by atoms with Gasteiger partial charge in [-0.15, -0.1) is 11.8 Å². The molecular formula is C7H6N2O2S. The molecule has 5 heteroatoms. The van der Waals surface area contributed by atoms with Gasteiger partial charge in [0.1, 0.15) is 0 Å². The van der Waals surface area contributed by atoms with Gasteiger partial charge in [0.25, 0.3) is 0 Å². The fraction of sp³-hybridized carbons (Fsp3) is 0.429. The van der Waals surface area contributed by atoms with E-state index in [1.165, 1.54) is 6.08 Å². The normalized spacial score (nSPS) is 26.7. The van der Waals surface area contributed by atoms with Crippen molar-refractivity contribution in [3.05, 3.63) is 11.9 Å². The summed E-state index contributed by atoms with van der Waals surface area (Å²) in [4.78, 5) is 26.0. The second-order valence-electron chi connectivity index (χ2n) is 2.59. The lowest BCUT2D eigenvalue weighted by Gasteiger charge is -2.40. The molecule has 62 valence electrons. The van der Waals surface area contributed by atoms with E-state index in [2.05, 4.69) is 4.99 Å². The van der Waals surface area contributed by atoms with Crippen LogP contribution in [0.15, 0.2) is 16.9 Å². The Morgan fingerprint density at radius 3 is 3.25 bits per heavy atom. The van der Waals surface area contributed by atoms with Gasteiger partial charge in [-0.2, -0.15) is 4.99 Å². The van der Waals surface area contributed by atoms with E-state index < -0.39 is 0 Å². The van der Waals surface area contributed by atoms with E-state index in [0.29, 0.717) is 17.9 Å². The smallest absolute Gasteiger partial charge is 0.240 e. The Labute approximate surface area is 73.3 Å². The molecule has 2 aliphatic heterocycles. The molecule has 1 atom stereocenters. The first-order valence-electron chi connectivity index (χ1n) is 3.52. The molecule has 0 aromatic rings. The van der Waals surface area contributed by atoms with Crippen molar-refractivity contribution in [2.75, 3.05) is 5.75 Å². The van der Waals surface area contributed by atoms with Crippen LogP contribution in [0.2, 0.25) is 0 Å². The molecule has 2 rings (SSSR count). The Morgan fingerprint density at radius 1 is 1.75 bits per heavy atom. The predicted molar refractivity (Wildman–Crippen MR) is 43.9 cm³/mol. The second kappa shape index (κ2) is 2.77. The third-order valence-electron chi connectivity index (χ3n) is 1.85. The van der Waals surface area contributed by atoms with E-state index in [9.17, 15) is 9.59 Å². The van der Waals surface area contributed by atoms with Crippen LogP contribution in [-0.4, -0.2) is 28.0 Å². The summed E-state index contributed by atoms with van der Waals surface area (Å²) in [6.07, 6.45) is 3.71.